The van der Waals surface area contributed by atoms with Gasteiger partial charge in [-0.1, -0.05) is 24.3 Å². The first-order valence-electron chi connectivity index (χ1n) is 7.57. The van der Waals surface area contributed by atoms with Gasteiger partial charge in [-0.3, -0.25) is 9.89 Å². The summed E-state index contributed by atoms with van der Waals surface area (Å²) in [6.07, 6.45) is 1.59. The normalized spacial score (nSPS) is 16.7. The van der Waals surface area contributed by atoms with E-state index in [9.17, 15) is 4.79 Å². The van der Waals surface area contributed by atoms with Gasteiger partial charge in [-0.25, -0.2) is 0 Å². The van der Waals surface area contributed by atoms with E-state index in [1.165, 1.54) is 3.57 Å². The summed E-state index contributed by atoms with van der Waals surface area (Å²) >= 11 is 2.28. The molecular formula is C18H15IN4O. The van der Waals surface area contributed by atoms with Gasteiger partial charge in [0, 0.05) is 27.9 Å². The van der Waals surface area contributed by atoms with Crippen LogP contribution in [0, 0.1) is 3.57 Å². The molecule has 0 fully saturated rings. The standard InChI is InChI=1S/C18H15IN4O/c1-23-15-5-3-2-4-13(15)18(24)21-17(23)14-10-20-22-16(14)11-6-8-12(19)9-7-11/h2-10,17H,1H3,(H,20,22)(H,21,24). The lowest BCUT2D eigenvalue weighted by atomic mass is 10.0. The van der Waals surface area contributed by atoms with Crippen LogP contribution >= 0.6 is 22.6 Å². The lowest BCUT2D eigenvalue weighted by Gasteiger charge is -2.36. The summed E-state index contributed by atoms with van der Waals surface area (Å²) in [6, 6.07) is 15.8. The molecule has 1 aliphatic heterocycles. The highest BCUT2D eigenvalue weighted by Gasteiger charge is 2.31. The second kappa shape index (κ2) is 5.94. The molecule has 24 heavy (non-hydrogen) atoms. The zero-order valence-electron chi connectivity index (χ0n) is 13.0. The molecule has 0 spiro atoms. The molecule has 1 amide bonds. The second-order valence-electron chi connectivity index (χ2n) is 5.70. The average molecular weight is 430 g/mol. The Kier molecular flexibility index (Phi) is 3.76. The summed E-state index contributed by atoms with van der Waals surface area (Å²) in [4.78, 5) is 14.5. The number of carbonyl (C=O) groups excluding carboxylic acids is 1. The van der Waals surface area contributed by atoms with Crippen molar-refractivity contribution in [1.29, 1.82) is 0 Å². The molecule has 0 radical (unpaired) electrons. The average Bonchev–Trinajstić information content (AvgIpc) is 3.08. The molecular weight excluding hydrogens is 415 g/mol. The van der Waals surface area contributed by atoms with Crippen LogP contribution in [-0.4, -0.2) is 23.2 Å². The number of anilines is 1. The molecule has 1 unspecified atom stereocenters. The maximum atomic E-state index is 12.5. The number of H-pyrrole nitrogens is 1. The molecule has 1 aliphatic rings. The Bertz CT molecular complexity index is 903. The molecule has 4 rings (SSSR count). The van der Waals surface area contributed by atoms with E-state index in [2.05, 4.69) is 43.0 Å². The number of hydrogen-bond acceptors (Lipinski definition) is 3. The van der Waals surface area contributed by atoms with Gasteiger partial charge in [0.15, 0.2) is 0 Å². The number of carbonyl (C=O) groups is 1. The van der Waals surface area contributed by atoms with Crippen LogP contribution < -0.4 is 10.2 Å². The van der Waals surface area contributed by atoms with Crippen molar-refractivity contribution < 1.29 is 4.79 Å². The van der Waals surface area contributed by atoms with Crippen LogP contribution in [0.3, 0.4) is 0 Å². The summed E-state index contributed by atoms with van der Waals surface area (Å²) in [5.74, 6) is -0.0662. The quantitative estimate of drug-likeness (QED) is 0.612. The molecule has 6 heteroatoms. The molecule has 2 heterocycles. The number of benzene rings is 2. The number of rotatable bonds is 2. The van der Waals surface area contributed by atoms with Crippen LogP contribution in [0.15, 0.2) is 54.7 Å². The SMILES string of the molecule is CN1c2ccccc2C(=O)NC1c1c[nH]nc1-c1ccc(I)cc1. The molecule has 0 aliphatic carbocycles. The van der Waals surface area contributed by atoms with Crippen LogP contribution in [0.2, 0.25) is 0 Å². The number of halogens is 1. The first kappa shape index (κ1) is 15.2. The maximum absolute atomic E-state index is 12.5. The minimum absolute atomic E-state index is 0.0662. The molecule has 0 saturated heterocycles. The van der Waals surface area contributed by atoms with Gasteiger partial charge in [-0.2, -0.15) is 5.10 Å². The topological polar surface area (TPSA) is 61.0 Å². The predicted octanol–water partition coefficient (Wildman–Crippen LogP) is 3.56. The van der Waals surface area contributed by atoms with Gasteiger partial charge in [0.25, 0.3) is 5.91 Å². The lowest BCUT2D eigenvalue weighted by molar-refractivity contribution is 0.0928. The van der Waals surface area contributed by atoms with Crippen molar-refractivity contribution in [3.63, 3.8) is 0 Å². The number of aromatic amines is 1. The van der Waals surface area contributed by atoms with Gasteiger partial charge in [-0.05, 0) is 46.9 Å². The minimum Gasteiger partial charge on any atom is -0.350 e. The fourth-order valence-electron chi connectivity index (χ4n) is 3.04. The molecule has 1 aromatic heterocycles. The molecule has 3 aromatic rings. The third-order valence-electron chi connectivity index (χ3n) is 4.27. The van der Waals surface area contributed by atoms with Gasteiger partial charge in [0.2, 0.25) is 0 Å². The molecule has 5 nitrogen and oxygen atoms in total. The minimum atomic E-state index is -0.263. The van der Waals surface area contributed by atoms with E-state index in [0.29, 0.717) is 5.56 Å². The molecule has 0 bridgehead atoms. The van der Waals surface area contributed by atoms with E-state index in [1.807, 2.05) is 61.8 Å². The van der Waals surface area contributed by atoms with Crippen LogP contribution in [0.4, 0.5) is 5.69 Å². The Morgan fingerprint density at radius 2 is 1.88 bits per heavy atom. The van der Waals surface area contributed by atoms with Crippen molar-refractivity contribution in [1.82, 2.24) is 15.5 Å². The third-order valence-corrected chi connectivity index (χ3v) is 4.99. The second-order valence-corrected chi connectivity index (χ2v) is 6.95. The van der Waals surface area contributed by atoms with Gasteiger partial charge >= 0.3 is 0 Å². The fourth-order valence-corrected chi connectivity index (χ4v) is 3.40. The van der Waals surface area contributed by atoms with E-state index in [1.54, 1.807) is 0 Å². The Hall–Kier alpha value is -2.35. The third kappa shape index (κ3) is 2.47. The molecule has 1 atom stereocenters. The summed E-state index contributed by atoms with van der Waals surface area (Å²) in [7, 11) is 1.98. The fraction of sp³-hybridized carbons (Fsp3) is 0.111. The number of nitrogens with zero attached hydrogens (tertiary/aromatic N) is 2. The first-order chi connectivity index (χ1) is 11.6. The number of nitrogens with one attached hydrogen (secondary N) is 2. The Balaban J connectivity index is 1.77. The highest BCUT2D eigenvalue weighted by atomic mass is 127. The smallest absolute Gasteiger partial charge is 0.255 e. The van der Waals surface area contributed by atoms with Crippen molar-refractivity contribution in [3.8, 4) is 11.3 Å². The van der Waals surface area contributed by atoms with E-state index in [-0.39, 0.29) is 12.1 Å². The number of aromatic nitrogens is 2. The number of para-hydroxylation sites is 1. The Labute approximate surface area is 153 Å². The molecule has 2 N–H and O–H groups in total. The zero-order valence-corrected chi connectivity index (χ0v) is 15.1. The number of amides is 1. The predicted molar refractivity (Wildman–Crippen MR) is 102 cm³/mol. The van der Waals surface area contributed by atoms with Crippen LogP contribution in [-0.2, 0) is 0 Å². The van der Waals surface area contributed by atoms with Crippen molar-refractivity contribution in [2.75, 3.05) is 11.9 Å². The summed E-state index contributed by atoms with van der Waals surface area (Å²) < 4.78 is 1.17. The van der Waals surface area contributed by atoms with Crippen LogP contribution in [0.25, 0.3) is 11.3 Å². The Morgan fingerprint density at radius 3 is 2.67 bits per heavy atom. The molecule has 0 saturated carbocycles. The number of hydrogen-bond donors (Lipinski definition) is 2. The van der Waals surface area contributed by atoms with E-state index in [0.717, 1.165) is 22.5 Å². The van der Waals surface area contributed by atoms with Gasteiger partial charge < -0.3 is 10.2 Å². The van der Waals surface area contributed by atoms with Crippen molar-refractivity contribution in [2.24, 2.45) is 0 Å². The van der Waals surface area contributed by atoms with Crippen LogP contribution in [0.1, 0.15) is 22.1 Å². The monoisotopic (exact) mass is 430 g/mol. The highest BCUT2D eigenvalue weighted by Crippen LogP contribution is 2.35. The van der Waals surface area contributed by atoms with Crippen LogP contribution in [0.5, 0.6) is 0 Å². The van der Waals surface area contributed by atoms with Crippen molar-refractivity contribution in [2.45, 2.75) is 6.17 Å². The zero-order chi connectivity index (χ0) is 16.7. The Morgan fingerprint density at radius 1 is 1.12 bits per heavy atom. The molecule has 120 valence electrons. The highest BCUT2D eigenvalue weighted by molar-refractivity contribution is 14.1. The van der Waals surface area contributed by atoms with Gasteiger partial charge in [0.1, 0.15) is 6.17 Å². The van der Waals surface area contributed by atoms with E-state index < -0.39 is 0 Å². The van der Waals surface area contributed by atoms with E-state index in [4.69, 9.17) is 0 Å². The maximum Gasteiger partial charge on any atom is 0.255 e. The van der Waals surface area contributed by atoms with Gasteiger partial charge in [-0.15, -0.1) is 0 Å². The van der Waals surface area contributed by atoms with Crippen molar-refractivity contribution >= 4 is 34.2 Å². The largest absolute Gasteiger partial charge is 0.350 e. The summed E-state index contributed by atoms with van der Waals surface area (Å²) in [5.41, 5.74) is 4.43. The summed E-state index contributed by atoms with van der Waals surface area (Å²) in [6.45, 7) is 0. The number of fused-ring (bicyclic) bond motifs is 1. The molecule has 2 aromatic carbocycles. The van der Waals surface area contributed by atoms with E-state index >= 15 is 0 Å². The van der Waals surface area contributed by atoms with Crippen molar-refractivity contribution in [3.05, 3.63) is 69.4 Å². The first-order valence-corrected chi connectivity index (χ1v) is 8.65. The lowest BCUT2D eigenvalue weighted by Crippen LogP contribution is -2.44. The van der Waals surface area contributed by atoms with Gasteiger partial charge in [0.05, 0.1) is 16.9 Å². The summed E-state index contributed by atoms with van der Waals surface area (Å²) in [5, 5.41) is 10.4.